The van der Waals surface area contributed by atoms with Crippen molar-refractivity contribution in [3.8, 4) is 0 Å². The lowest BCUT2D eigenvalue weighted by Crippen LogP contribution is -2.42. The van der Waals surface area contributed by atoms with Crippen molar-refractivity contribution in [3.63, 3.8) is 0 Å². The van der Waals surface area contributed by atoms with Gasteiger partial charge in [0.1, 0.15) is 6.04 Å². The maximum Gasteiger partial charge on any atom is 0.317 e. The summed E-state index contributed by atoms with van der Waals surface area (Å²) in [6.07, 6.45) is 0.513. The second kappa shape index (κ2) is 9.42. The van der Waals surface area contributed by atoms with Crippen LogP contribution in [0.15, 0.2) is 65.2 Å². The molecule has 1 aliphatic rings. The number of hydrogen-bond acceptors (Lipinski definition) is 5. The minimum atomic E-state index is -0.388. The standard InChI is InChI=1S/C23H25N5O3/c1-17-25-21(31-26-17)20-12-13-27(23(30)24-16-18-8-4-2-5-9-18)14-15-28(20)22(29)19-10-6-3-7-11-19/h2-11,20H,12-16H2,1H3,(H,24,30). The first kappa shape index (κ1) is 20.6. The predicted octanol–water partition coefficient (Wildman–Crippen LogP) is 3.18. The minimum Gasteiger partial charge on any atom is -0.337 e. The number of benzene rings is 2. The van der Waals surface area contributed by atoms with E-state index < -0.39 is 0 Å². The number of aryl methyl sites for hydroxylation is 1. The number of aromatic nitrogens is 2. The topological polar surface area (TPSA) is 91.6 Å². The van der Waals surface area contributed by atoms with Crippen molar-refractivity contribution in [2.24, 2.45) is 0 Å². The Kier molecular flexibility index (Phi) is 6.26. The molecule has 1 saturated heterocycles. The van der Waals surface area contributed by atoms with Crippen LogP contribution in [-0.4, -0.2) is 51.5 Å². The van der Waals surface area contributed by atoms with Crippen LogP contribution in [0.1, 0.15) is 40.1 Å². The van der Waals surface area contributed by atoms with Crippen LogP contribution in [0.3, 0.4) is 0 Å². The van der Waals surface area contributed by atoms with Gasteiger partial charge in [0.2, 0.25) is 5.89 Å². The molecule has 31 heavy (non-hydrogen) atoms. The first-order chi connectivity index (χ1) is 15.1. The number of hydrogen-bond donors (Lipinski definition) is 1. The fourth-order valence-electron chi connectivity index (χ4n) is 3.71. The predicted molar refractivity (Wildman–Crippen MR) is 114 cm³/mol. The molecule has 1 unspecified atom stereocenters. The van der Waals surface area contributed by atoms with Gasteiger partial charge >= 0.3 is 6.03 Å². The van der Waals surface area contributed by atoms with Crippen molar-refractivity contribution in [1.29, 1.82) is 0 Å². The number of urea groups is 1. The molecule has 2 heterocycles. The highest BCUT2D eigenvalue weighted by Gasteiger charge is 2.34. The zero-order valence-corrected chi connectivity index (χ0v) is 17.4. The molecule has 4 rings (SSSR count). The number of nitrogens with one attached hydrogen (secondary N) is 1. The molecule has 8 nitrogen and oxygen atoms in total. The average molecular weight is 419 g/mol. The van der Waals surface area contributed by atoms with Crippen molar-refractivity contribution in [3.05, 3.63) is 83.5 Å². The van der Waals surface area contributed by atoms with Gasteiger partial charge in [0, 0.05) is 31.7 Å². The maximum atomic E-state index is 13.2. The summed E-state index contributed by atoms with van der Waals surface area (Å²) in [5, 5.41) is 6.85. The van der Waals surface area contributed by atoms with Gasteiger partial charge in [-0.3, -0.25) is 4.79 Å². The van der Waals surface area contributed by atoms with Crippen LogP contribution < -0.4 is 5.32 Å². The molecule has 0 radical (unpaired) electrons. The lowest BCUT2D eigenvalue weighted by molar-refractivity contribution is 0.0651. The fourth-order valence-corrected chi connectivity index (χ4v) is 3.71. The van der Waals surface area contributed by atoms with Crippen molar-refractivity contribution in [2.75, 3.05) is 19.6 Å². The summed E-state index contributed by atoms with van der Waals surface area (Å²) < 4.78 is 5.40. The van der Waals surface area contributed by atoms with Crippen molar-refractivity contribution in [2.45, 2.75) is 25.9 Å². The molecule has 1 fully saturated rings. The summed E-state index contributed by atoms with van der Waals surface area (Å²) in [5.74, 6) is 0.796. The van der Waals surface area contributed by atoms with Crippen molar-refractivity contribution >= 4 is 11.9 Å². The van der Waals surface area contributed by atoms with Gasteiger partial charge in [-0.05, 0) is 31.0 Å². The van der Waals surface area contributed by atoms with E-state index in [1.54, 1.807) is 28.9 Å². The van der Waals surface area contributed by atoms with E-state index in [9.17, 15) is 9.59 Å². The van der Waals surface area contributed by atoms with Crippen LogP contribution in [0.2, 0.25) is 0 Å². The highest BCUT2D eigenvalue weighted by Crippen LogP contribution is 2.27. The molecule has 1 N–H and O–H groups in total. The van der Waals surface area contributed by atoms with Crippen LogP contribution in [0.5, 0.6) is 0 Å². The van der Waals surface area contributed by atoms with Crippen LogP contribution in [0, 0.1) is 6.92 Å². The van der Waals surface area contributed by atoms with Crippen molar-refractivity contribution in [1.82, 2.24) is 25.3 Å². The normalized spacial score (nSPS) is 16.6. The number of amides is 3. The Labute approximate surface area is 180 Å². The first-order valence-corrected chi connectivity index (χ1v) is 10.3. The average Bonchev–Trinajstić information content (AvgIpc) is 3.12. The molecule has 3 amide bonds. The third-order valence-corrected chi connectivity index (χ3v) is 5.34. The molecule has 160 valence electrons. The van der Waals surface area contributed by atoms with E-state index >= 15 is 0 Å². The van der Waals surface area contributed by atoms with Crippen LogP contribution in [0.4, 0.5) is 4.79 Å². The van der Waals surface area contributed by atoms with E-state index in [0.717, 1.165) is 5.56 Å². The van der Waals surface area contributed by atoms with Gasteiger partial charge in [0.05, 0.1) is 0 Å². The monoisotopic (exact) mass is 419 g/mol. The molecule has 1 atom stereocenters. The molecule has 3 aromatic rings. The first-order valence-electron chi connectivity index (χ1n) is 10.3. The Morgan fingerprint density at radius 3 is 2.42 bits per heavy atom. The molecule has 0 saturated carbocycles. The summed E-state index contributed by atoms with van der Waals surface area (Å²) in [6, 6.07) is 18.3. The van der Waals surface area contributed by atoms with Crippen LogP contribution >= 0.6 is 0 Å². The van der Waals surface area contributed by atoms with Gasteiger partial charge in [-0.1, -0.05) is 53.7 Å². The van der Waals surface area contributed by atoms with Gasteiger partial charge < -0.3 is 19.6 Å². The summed E-state index contributed by atoms with van der Waals surface area (Å²) in [4.78, 5) is 33.8. The Hall–Kier alpha value is -3.68. The van der Waals surface area contributed by atoms with E-state index in [1.165, 1.54) is 0 Å². The Bertz CT molecular complexity index is 1020. The lowest BCUT2D eigenvalue weighted by atomic mass is 10.1. The van der Waals surface area contributed by atoms with Crippen molar-refractivity contribution < 1.29 is 14.1 Å². The SMILES string of the molecule is Cc1noc(C2CCN(C(=O)NCc3ccccc3)CCN2C(=O)c2ccccc2)n1. The fraction of sp³-hybridized carbons (Fsp3) is 0.304. The van der Waals surface area contributed by atoms with Crippen LogP contribution in [-0.2, 0) is 6.54 Å². The highest BCUT2D eigenvalue weighted by molar-refractivity contribution is 5.94. The molecule has 2 aromatic carbocycles. The number of nitrogens with zero attached hydrogens (tertiary/aromatic N) is 4. The van der Waals surface area contributed by atoms with E-state index in [1.807, 2.05) is 48.5 Å². The third kappa shape index (κ3) is 4.91. The summed E-state index contributed by atoms with van der Waals surface area (Å²) >= 11 is 0. The van der Waals surface area contributed by atoms with E-state index in [-0.39, 0.29) is 18.0 Å². The highest BCUT2D eigenvalue weighted by atomic mass is 16.5. The van der Waals surface area contributed by atoms with Gasteiger partial charge in [0.15, 0.2) is 5.82 Å². The molecule has 8 heteroatoms. The molecule has 1 aliphatic heterocycles. The van der Waals surface area contributed by atoms with Crippen LogP contribution in [0.25, 0.3) is 0 Å². The van der Waals surface area contributed by atoms with Gasteiger partial charge in [-0.15, -0.1) is 0 Å². The Balaban J connectivity index is 1.50. The minimum absolute atomic E-state index is 0.118. The quantitative estimate of drug-likeness (QED) is 0.701. The van der Waals surface area contributed by atoms with E-state index in [4.69, 9.17) is 4.52 Å². The molecule has 0 spiro atoms. The number of rotatable bonds is 4. The van der Waals surface area contributed by atoms with E-state index in [0.29, 0.717) is 49.9 Å². The zero-order chi connectivity index (χ0) is 21.6. The summed E-state index contributed by atoms with van der Waals surface area (Å²) in [6.45, 7) is 3.47. The second-order valence-electron chi connectivity index (χ2n) is 7.48. The number of carbonyl (C=O) groups is 2. The third-order valence-electron chi connectivity index (χ3n) is 5.34. The molecule has 1 aromatic heterocycles. The zero-order valence-electron chi connectivity index (χ0n) is 17.4. The Morgan fingerprint density at radius 2 is 1.74 bits per heavy atom. The maximum absolute atomic E-state index is 13.2. The summed E-state index contributed by atoms with van der Waals surface area (Å²) in [5.41, 5.74) is 1.62. The molecular weight excluding hydrogens is 394 g/mol. The number of carbonyl (C=O) groups excluding carboxylic acids is 2. The van der Waals surface area contributed by atoms with E-state index in [2.05, 4.69) is 15.5 Å². The smallest absolute Gasteiger partial charge is 0.317 e. The largest absolute Gasteiger partial charge is 0.337 e. The summed E-state index contributed by atoms with van der Waals surface area (Å²) in [7, 11) is 0. The second-order valence-corrected chi connectivity index (χ2v) is 7.48. The van der Waals surface area contributed by atoms with Gasteiger partial charge in [-0.25, -0.2) is 4.79 Å². The van der Waals surface area contributed by atoms with Gasteiger partial charge in [-0.2, -0.15) is 4.98 Å². The molecule has 0 aliphatic carbocycles. The Morgan fingerprint density at radius 1 is 1.03 bits per heavy atom. The van der Waals surface area contributed by atoms with Gasteiger partial charge in [0.25, 0.3) is 5.91 Å². The molecule has 0 bridgehead atoms. The molecular formula is C23H25N5O3. The lowest BCUT2D eigenvalue weighted by Gasteiger charge is -2.27.